The third-order valence-electron chi connectivity index (χ3n) is 5.38. The molecule has 4 rings (SSSR count). The second-order valence-electron chi connectivity index (χ2n) is 7.28. The quantitative estimate of drug-likeness (QED) is 0.292. The maximum Gasteiger partial charge on any atom is 0.238 e. The maximum absolute atomic E-state index is 13.1. The van der Waals surface area contributed by atoms with E-state index in [1.54, 1.807) is 18.3 Å². The van der Waals surface area contributed by atoms with Gasteiger partial charge in [0.1, 0.15) is 11.3 Å². The molecule has 162 valence electrons. The number of rotatable bonds is 6. The van der Waals surface area contributed by atoms with Crippen molar-refractivity contribution in [3.8, 4) is 5.88 Å². The fraction of sp³-hybridized carbons (Fsp3) is 0.208. The van der Waals surface area contributed by atoms with Crippen LogP contribution in [0.4, 0.5) is 4.39 Å². The average Bonchev–Trinajstić information content (AvgIpc) is 2.98. The van der Waals surface area contributed by atoms with Crippen molar-refractivity contribution in [3.05, 3.63) is 93.0 Å². The minimum atomic E-state index is -0.239. The first kappa shape index (κ1) is 23.4. The number of nitrogens with zero attached hydrogens (tertiary/aromatic N) is 2. The molecule has 7 heteroatoms. The number of ether oxygens (including phenoxy) is 1. The van der Waals surface area contributed by atoms with Gasteiger partial charge in [0, 0.05) is 30.2 Å². The van der Waals surface area contributed by atoms with Gasteiger partial charge in [-0.1, -0.05) is 41.4 Å². The van der Waals surface area contributed by atoms with E-state index in [2.05, 4.69) is 23.4 Å². The SMILES string of the molecule is Cc1c(C)n(Cc2ccc(Cl)c(Cl)c2)c2c(OCCc3ccc(F)cc3)nccc12.Cl. The summed E-state index contributed by atoms with van der Waals surface area (Å²) in [5, 5.41) is 2.19. The van der Waals surface area contributed by atoms with E-state index in [0.29, 0.717) is 35.5 Å². The van der Waals surface area contributed by atoms with Crippen LogP contribution in [0.2, 0.25) is 10.0 Å². The fourth-order valence-electron chi connectivity index (χ4n) is 3.60. The van der Waals surface area contributed by atoms with E-state index in [-0.39, 0.29) is 18.2 Å². The van der Waals surface area contributed by atoms with Gasteiger partial charge in [0.05, 0.1) is 16.7 Å². The Morgan fingerprint density at radius 2 is 1.68 bits per heavy atom. The van der Waals surface area contributed by atoms with Crippen LogP contribution in [-0.2, 0) is 13.0 Å². The Morgan fingerprint density at radius 3 is 2.39 bits per heavy atom. The zero-order valence-corrected chi connectivity index (χ0v) is 19.5. The van der Waals surface area contributed by atoms with Crippen LogP contribution in [0.1, 0.15) is 22.4 Å². The third-order valence-corrected chi connectivity index (χ3v) is 6.12. The van der Waals surface area contributed by atoms with Crippen molar-refractivity contribution in [2.75, 3.05) is 6.61 Å². The smallest absolute Gasteiger partial charge is 0.238 e. The van der Waals surface area contributed by atoms with Gasteiger partial charge in [-0.15, -0.1) is 12.4 Å². The van der Waals surface area contributed by atoms with Gasteiger partial charge in [-0.3, -0.25) is 0 Å². The minimum Gasteiger partial charge on any atom is -0.476 e. The Labute approximate surface area is 197 Å². The average molecular weight is 480 g/mol. The van der Waals surface area contributed by atoms with Crippen molar-refractivity contribution in [2.45, 2.75) is 26.8 Å². The molecule has 3 nitrogen and oxygen atoms in total. The summed E-state index contributed by atoms with van der Waals surface area (Å²) in [6.45, 7) is 5.28. The van der Waals surface area contributed by atoms with Gasteiger partial charge in [0.15, 0.2) is 0 Å². The van der Waals surface area contributed by atoms with Crippen LogP contribution in [0.3, 0.4) is 0 Å². The van der Waals surface area contributed by atoms with E-state index >= 15 is 0 Å². The molecule has 0 aliphatic carbocycles. The van der Waals surface area contributed by atoms with E-state index in [1.807, 2.05) is 24.3 Å². The van der Waals surface area contributed by atoms with E-state index in [4.69, 9.17) is 27.9 Å². The van der Waals surface area contributed by atoms with Gasteiger partial charge in [0.25, 0.3) is 0 Å². The molecular weight excluding hydrogens is 458 g/mol. The van der Waals surface area contributed by atoms with Crippen molar-refractivity contribution in [1.82, 2.24) is 9.55 Å². The van der Waals surface area contributed by atoms with Gasteiger partial charge in [0.2, 0.25) is 5.88 Å². The molecule has 0 bridgehead atoms. The lowest BCUT2D eigenvalue weighted by Crippen LogP contribution is -2.07. The molecule has 31 heavy (non-hydrogen) atoms. The Balaban J connectivity index is 0.00000272. The summed E-state index contributed by atoms with van der Waals surface area (Å²) in [4.78, 5) is 4.49. The maximum atomic E-state index is 13.1. The van der Waals surface area contributed by atoms with Crippen LogP contribution in [-0.4, -0.2) is 16.2 Å². The zero-order chi connectivity index (χ0) is 21.3. The predicted molar refractivity (Wildman–Crippen MR) is 128 cm³/mol. The molecule has 0 saturated heterocycles. The topological polar surface area (TPSA) is 27.1 Å². The van der Waals surface area contributed by atoms with Crippen molar-refractivity contribution < 1.29 is 9.13 Å². The van der Waals surface area contributed by atoms with Gasteiger partial charge in [-0.25, -0.2) is 9.37 Å². The molecule has 0 atom stereocenters. The molecule has 0 saturated carbocycles. The Bertz CT molecular complexity index is 1210. The minimum absolute atomic E-state index is 0. The monoisotopic (exact) mass is 478 g/mol. The van der Waals surface area contributed by atoms with E-state index in [9.17, 15) is 4.39 Å². The Morgan fingerprint density at radius 1 is 0.968 bits per heavy atom. The van der Waals surface area contributed by atoms with Crippen LogP contribution < -0.4 is 4.74 Å². The molecule has 0 aliphatic rings. The van der Waals surface area contributed by atoms with E-state index < -0.39 is 0 Å². The second kappa shape index (κ2) is 9.90. The summed E-state index contributed by atoms with van der Waals surface area (Å²) in [5.41, 5.74) is 5.36. The molecule has 0 fully saturated rings. The lowest BCUT2D eigenvalue weighted by Gasteiger charge is -2.13. The molecule has 2 heterocycles. The van der Waals surface area contributed by atoms with E-state index in [0.717, 1.165) is 27.7 Å². The first-order chi connectivity index (χ1) is 14.4. The van der Waals surface area contributed by atoms with E-state index in [1.165, 1.54) is 17.7 Å². The van der Waals surface area contributed by atoms with Gasteiger partial charge >= 0.3 is 0 Å². The molecule has 0 N–H and O–H groups in total. The van der Waals surface area contributed by atoms with Gasteiger partial charge < -0.3 is 9.30 Å². The lowest BCUT2D eigenvalue weighted by molar-refractivity contribution is 0.312. The van der Waals surface area contributed by atoms with Crippen LogP contribution in [0.25, 0.3) is 10.9 Å². The summed E-state index contributed by atoms with van der Waals surface area (Å²) in [6, 6.07) is 14.1. The number of aromatic nitrogens is 2. The molecule has 2 aromatic heterocycles. The summed E-state index contributed by atoms with van der Waals surface area (Å²) in [5.74, 6) is 0.350. The first-order valence-corrected chi connectivity index (χ1v) is 10.4. The number of pyridine rings is 1. The van der Waals surface area contributed by atoms with Gasteiger partial charge in [-0.05, 0) is 60.9 Å². The molecule has 0 amide bonds. The number of hydrogen-bond donors (Lipinski definition) is 0. The van der Waals surface area contributed by atoms with Crippen LogP contribution in [0, 0.1) is 19.7 Å². The molecule has 0 radical (unpaired) electrons. The van der Waals surface area contributed by atoms with Gasteiger partial charge in [-0.2, -0.15) is 0 Å². The Kier molecular flexibility index (Phi) is 7.47. The highest BCUT2D eigenvalue weighted by Crippen LogP contribution is 2.32. The molecule has 0 unspecified atom stereocenters. The van der Waals surface area contributed by atoms with Crippen LogP contribution in [0.5, 0.6) is 5.88 Å². The molecular formula is C24H22Cl3FN2O. The van der Waals surface area contributed by atoms with Crippen molar-refractivity contribution in [2.24, 2.45) is 0 Å². The number of benzene rings is 2. The van der Waals surface area contributed by atoms with Crippen molar-refractivity contribution in [1.29, 1.82) is 0 Å². The zero-order valence-electron chi connectivity index (χ0n) is 17.2. The lowest BCUT2D eigenvalue weighted by atomic mass is 10.1. The second-order valence-corrected chi connectivity index (χ2v) is 8.10. The number of aryl methyl sites for hydroxylation is 1. The fourth-order valence-corrected chi connectivity index (χ4v) is 3.92. The summed E-state index contributed by atoms with van der Waals surface area (Å²) < 4.78 is 21.4. The highest BCUT2D eigenvalue weighted by molar-refractivity contribution is 6.42. The normalized spacial score (nSPS) is 10.9. The van der Waals surface area contributed by atoms with Crippen molar-refractivity contribution in [3.63, 3.8) is 0 Å². The number of halogens is 4. The standard InChI is InChI=1S/C24H21Cl2FN2O.ClH/c1-15-16(2)29(14-18-5-8-21(25)22(26)13-18)23-20(15)9-11-28-24(23)30-12-10-17-3-6-19(27)7-4-17;/h3-9,11,13H,10,12,14H2,1-2H3;1H. The first-order valence-electron chi connectivity index (χ1n) is 9.69. The van der Waals surface area contributed by atoms with Crippen molar-refractivity contribution >= 4 is 46.5 Å². The largest absolute Gasteiger partial charge is 0.476 e. The predicted octanol–water partition coefficient (Wildman–Crippen LogP) is 7.19. The van der Waals surface area contributed by atoms with Crippen LogP contribution in [0.15, 0.2) is 54.7 Å². The highest BCUT2D eigenvalue weighted by atomic mass is 35.5. The Hall–Kier alpha value is -2.27. The molecule has 0 aliphatic heterocycles. The molecule has 4 aromatic rings. The molecule has 2 aromatic carbocycles. The number of fused-ring (bicyclic) bond motifs is 1. The van der Waals surface area contributed by atoms with Crippen LogP contribution >= 0.6 is 35.6 Å². The summed E-state index contributed by atoms with van der Waals surface area (Å²) in [6.07, 6.45) is 2.44. The molecule has 0 spiro atoms. The third kappa shape index (κ3) is 4.98. The highest BCUT2D eigenvalue weighted by Gasteiger charge is 2.17. The number of hydrogen-bond acceptors (Lipinski definition) is 2. The summed E-state index contributed by atoms with van der Waals surface area (Å²) >= 11 is 12.3. The summed E-state index contributed by atoms with van der Waals surface area (Å²) in [7, 11) is 0.